The lowest BCUT2D eigenvalue weighted by molar-refractivity contribution is 0.0613. The van der Waals surface area contributed by atoms with E-state index in [2.05, 4.69) is 43.0 Å². The summed E-state index contributed by atoms with van der Waals surface area (Å²) in [5.74, 6) is 1.40. The van der Waals surface area contributed by atoms with Gasteiger partial charge in [-0.05, 0) is 30.0 Å². The van der Waals surface area contributed by atoms with Crippen molar-refractivity contribution in [2.75, 3.05) is 19.7 Å². The van der Waals surface area contributed by atoms with Gasteiger partial charge >= 0.3 is 0 Å². The Hall–Kier alpha value is -1.84. The first kappa shape index (κ1) is 18.5. The minimum atomic E-state index is -0.507. The number of aryl methyl sites for hydroxylation is 1. The first-order valence-electron chi connectivity index (χ1n) is 8.67. The van der Waals surface area contributed by atoms with Crippen LogP contribution >= 0.6 is 0 Å². The maximum Gasteiger partial charge on any atom is 0.122 e. The highest BCUT2D eigenvalue weighted by atomic mass is 16.5. The SMILES string of the molecule is Cc1ccccc1OCC(O)CN(Cc1ccccc1)CC(C)C. The summed E-state index contributed by atoms with van der Waals surface area (Å²) in [4.78, 5) is 2.30. The fourth-order valence-corrected chi connectivity index (χ4v) is 2.82. The quantitative estimate of drug-likeness (QED) is 0.758. The van der Waals surface area contributed by atoms with E-state index in [1.54, 1.807) is 0 Å². The van der Waals surface area contributed by atoms with Gasteiger partial charge in [0.1, 0.15) is 18.5 Å². The van der Waals surface area contributed by atoms with Gasteiger partial charge in [-0.1, -0.05) is 62.4 Å². The molecule has 24 heavy (non-hydrogen) atoms. The van der Waals surface area contributed by atoms with Crippen molar-refractivity contribution in [1.82, 2.24) is 4.90 Å². The molecule has 1 unspecified atom stereocenters. The molecule has 0 heterocycles. The minimum absolute atomic E-state index is 0.314. The molecule has 1 N–H and O–H groups in total. The lowest BCUT2D eigenvalue weighted by atomic mass is 10.1. The predicted molar refractivity (Wildman–Crippen MR) is 99.2 cm³/mol. The molecule has 0 aliphatic rings. The van der Waals surface area contributed by atoms with Gasteiger partial charge < -0.3 is 9.84 Å². The van der Waals surface area contributed by atoms with Gasteiger partial charge in [0.05, 0.1) is 0 Å². The van der Waals surface area contributed by atoms with Gasteiger partial charge in [-0.25, -0.2) is 0 Å². The molecule has 2 rings (SSSR count). The smallest absolute Gasteiger partial charge is 0.122 e. The van der Waals surface area contributed by atoms with Crippen LogP contribution in [0.3, 0.4) is 0 Å². The normalized spacial score (nSPS) is 12.6. The van der Waals surface area contributed by atoms with E-state index in [4.69, 9.17) is 4.74 Å². The third-order valence-corrected chi connectivity index (χ3v) is 3.87. The van der Waals surface area contributed by atoms with Gasteiger partial charge in [0, 0.05) is 19.6 Å². The highest BCUT2D eigenvalue weighted by molar-refractivity contribution is 5.31. The van der Waals surface area contributed by atoms with Crippen LogP contribution in [0.2, 0.25) is 0 Å². The Kier molecular flexibility index (Phi) is 7.29. The highest BCUT2D eigenvalue weighted by Gasteiger charge is 2.14. The van der Waals surface area contributed by atoms with Gasteiger partial charge in [0.25, 0.3) is 0 Å². The van der Waals surface area contributed by atoms with Crippen LogP contribution in [0.15, 0.2) is 54.6 Å². The molecule has 3 heteroatoms. The standard InChI is InChI=1S/C21H29NO2/c1-17(2)13-22(14-19-10-5-4-6-11-19)15-20(23)16-24-21-12-8-7-9-18(21)3/h4-12,17,20,23H,13-16H2,1-3H3. The van der Waals surface area contributed by atoms with Crippen LogP contribution in [0.25, 0.3) is 0 Å². The number of hydrogen-bond donors (Lipinski definition) is 1. The third-order valence-electron chi connectivity index (χ3n) is 3.87. The van der Waals surface area contributed by atoms with Gasteiger partial charge in [0.15, 0.2) is 0 Å². The summed E-state index contributed by atoms with van der Waals surface area (Å²) >= 11 is 0. The Morgan fingerprint density at radius 2 is 1.62 bits per heavy atom. The molecule has 3 nitrogen and oxygen atoms in total. The molecule has 0 aliphatic carbocycles. The van der Waals surface area contributed by atoms with E-state index in [-0.39, 0.29) is 0 Å². The maximum absolute atomic E-state index is 10.4. The van der Waals surface area contributed by atoms with Crippen LogP contribution in [0.5, 0.6) is 5.75 Å². The molecule has 2 aromatic carbocycles. The summed E-state index contributed by atoms with van der Waals surface area (Å²) in [5.41, 5.74) is 2.36. The van der Waals surface area contributed by atoms with E-state index >= 15 is 0 Å². The van der Waals surface area contributed by atoms with Crippen LogP contribution < -0.4 is 4.74 Å². The molecule has 0 saturated heterocycles. The lowest BCUT2D eigenvalue weighted by Gasteiger charge is -2.27. The van der Waals surface area contributed by atoms with Crippen molar-refractivity contribution in [3.63, 3.8) is 0 Å². The van der Waals surface area contributed by atoms with Crippen LogP contribution in [0.1, 0.15) is 25.0 Å². The van der Waals surface area contributed by atoms with E-state index in [0.29, 0.717) is 19.1 Å². The second-order valence-electron chi connectivity index (χ2n) is 6.80. The molecule has 2 aromatic rings. The van der Waals surface area contributed by atoms with Crippen molar-refractivity contribution >= 4 is 0 Å². The van der Waals surface area contributed by atoms with Crippen molar-refractivity contribution in [3.05, 3.63) is 65.7 Å². The molecule has 0 bridgehead atoms. The Bertz CT molecular complexity index is 598. The van der Waals surface area contributed by atoms with Crippen molar-refractivity contribution in [3.8, 4) is 5.75 Å². The summed E-state index contributed by atoms with van der Waals surface area (Å²) in [5, 5.41) is 10.4. The Morgan fingerprint density at radius 3 is 2.29 bits per heavy atom. The highest BCUT2D eigenvalue weighted by Crippen LogP contribution is 2.16. The largest absolute Gasteiger partial charge is 0.491 e. The minimum Gasteiger partial charge on any atom is -0.491 e. The van der Waals surface area contributed by atoms with Crippen LogP contribution in [0, 0.1) is 12.8 Å². The fourth-order valence-electron chi connectivity index (χ4n) is 2.82. The summed E-state index contributed by atoms with van der Waals surface area (Å²) in [7, 11) is 0. The van der Waals surface area contributed by atoms with Crippen LogP contribution in [-0.2, 0) is 6.54 Å². The molecule has 0 amide bonds. The molecule has 0 radical (unpaired) electrons. The fraction of sp³-hybridized carbons (Fsp3) is 0.429. The number of ether oxygens (including phenoxy) is 1. The van der Waals surface area contributed by atoms with E-state index in [1.165, 1.54) is 5.56 Å². The van der Waals surface area contributed by atoms with Crippen LogP contribution in [0.4, 0.5) is 0 Å². The molecule has 0 fully saturated rings. The Labute approximate surface area is 145 Å². The van der Waals surface area contributed by atoms with Gasteiger partial charge in [0.2, 0.25) is 0 Å². The second-order valence-corrected chi connectivity index (χ2v) is 6.80. The first-order chi connectivity index (χ1) is 11.5. The van der Waals surface area contributed by atoms with E-state index in [9.17, 15) is 5.11 Å². The monoisotopic (exact) mass is 327 g/mol. The summed E-state index contributed by atoms with van der Waals surface area (Å²) < 4.78 is 5.78. The average molecular weight is 327 g/mol. The molecule has 0 saturated carbocycles. The van der Waals surface area contributed by atoms with Crippen molar-refractivity contribution in [2.45, 2.75) is 33.4 Å². The molecular weight excluding hydrogens is 298 g/mol. The molecular formula is C21H29NO2. The van der Waals surface area contributed by atoms with E-state index in [1.807, 2.05) is 37.3 Å². The zero-order valence-electron chi connectivity index (χ0n) is 15.0. The third kappa shape index (κ3) is 6.34. The average Bonchev–Trinajstić information content (AvgIpc) is 2.54. The number of aliphatic hydroxyl groups excluding tert-OH is 1. The summed E-state index contributed by atoms with van der Waals surface area (Å²) in [6, 6.07) is 18.3. The number of para-hydroxylation sites is 1. The van der Waals surface area contributed by atoms with Crippen LogP contribution in [-0.4, -0.2) is 35.8 Å². The summed E-state index contributed by atoms with van der Waals surface area (Å²) in [6.07, 6.45) is -0.507. The molecule has 0 aliphatic heterocycles. The number of nitrogens with zero attached hydrogens (tertiary/aromatic N) is 1. The summed E-state index contributed by atoms with van der Waals surface area (Å²) in [6.45, 7) is 9.15. The molecule has 0 aromatic heterocycles. The van der Waals surface area contributed by atoms with Gasteiger partial charge in [-0.15, -0.1) is 0 Å². The molecule has 1 atom stereocenters. The van der Waals surface area contributed by atoms with E-state index in [0.717, 1.165) is 24.4 Å². The Balaban J connectivity index is 1.89. The number of hydrogen-bond acceptors (Lipinski definition) is 3. The predicted octanol–water partition coefficient (Wildman–Crippen LogP) is 3.89. The number of aliphatic hydroxyl groups is 1. The second kappa shape index (κ2) is 9.45. The Morgan fingerprint density at radius 1 is 0.958 bits per heavy atom. The first-order valence-corrected chi connectivity index (χ1v) is 8.67. The van der Waals surface area contributed by atoms with Gasteiger partial charge in [-0.3, -0.25) is 4.90 Å². The maximum atomic E-state index is 10.4. The number of benzene rings is 2. The van der Waals surface area contributed by atoms with Crippen molar-refractivity contribution in [1.29, 1.82) is 0 Å². The number of rotatable bonds is 9. The van der Waals surface area contributed by atoms with Crippen molar-refractivity contribution < 1.29 is 9.84 Å². The topological polar surface area (TPSA) is 32.7 Å². The molecule has 130 valence electrons. The van der Waals surface area contributed by atoms with E-state index < -0.39 is 6.10 Å². The van der Waals surface area contributed by atoms with Gasteiger partial charge in [-0.2, -0.15) is 0 Å². The zero-order chi connectivity index (χ0) is 17.4. The zero-order valence-corrected chi connectivity index (χ0v) is 15.0. The molecule has 0 spiro atoms. The van der Waals surface area contributed by atoms with Crippen molar-refractivity contribution in [2.24, 2.45) is 5.92 Å². The lowest BCUT2D eigenvalue weighted by Crippen LogP contribution is -2.37.